The average molecular weight is 334 g/mol. The predicted molar refractivity (Wildman–Crippen MR) is 91.8 cm³/mol. The van der Waals surface area contributed by atoms with Crippen LogP contribution in [0, 0.1) is 5.92 Å². The Labute approximate surface area is 144 Å². The molecule has 0 radical (unpaired) electrons. The second-order valence-corrected chi connectivity index (χ2v) is 7.33. The van der Waals surface area contributed by atoms with Gasteiger partial charge in [0, 0.05) is 0 Å². The minimum Gasteiger partial charge on any atom is -0.548 e. The first-order valence-electron chi connectivity index (χ1n) is 8.32. The molecule has 5 nitrogen and oxygen atoms in total. The number of aryl methyl sites for hydroxylation is 1. The van der Waals surface area contributed by atoms with Crippen molar-refractivity contribution in [3.05, 3.63) is 29.3 Å². The lowest BCUT2D eigenvalue weighted by Crippen LogP contribution is -2.51. The Kier molecular flexibility index (Phi) is 6.81. The molecule has 1 aromatic rings. The van der Waals surface area contributed by atoms with E-state index in [1.165, 1.54) is 5.56 Å². The number of ether oxygens (including phenoxy) is 1. The first-order valence-corrected chi connectivity index (χ1v) is 8.32. The molecule has 0 saturated heterocycles. The molecule has 24 heavy (non-hydrogen) atoms. The topological polar surface area (TPSA) is 78.5 Å². The van der Waals surface area contributed by atoms with Crippen LogP contribution >= 0.6 is 0 Å². The fraction of sp³-hybridized carbons (Fsp3) is 0.579. The van der Waals surface area contributed by atoms with Crippen molar-refractivity contribution in [2.24, 2.45) is 5.92 Å². The van der Waals surface area contributed by atoms with Crippen molar-refractivity contribution >= 4 is 11.9 Å². The molecular weight excluding hydrogens is 306 g/mol. The molecule has 1 aromatic carbocycles. The zero-order valence-electron chi connectivity index (χ0n) is 15.4. The highest BCUT2D eigenvalue weighted by Gasteiger charge is 2.21. The number of hydrogen-bond donors (Lipinski definition) is 1. The standard InChI is InChI=1S/C19H29NO4/c1-7-13-8-9-15(14(10-13)19(4,5)6)24-11-16(21)20-17(12(2)3)18(22)23/h8-10,12,17H,7,11H2,1-6H3,(H,20,21)(H,22,23)/p-1/t17-/m0/s1. The van der Waals surface area contributed by atoms with E-state index >= 15 is 0 Å². The van der Waals surface area contributed by atoms with Crippen molar-refractivity contribution in [1.82, 2.24) is 5.32 Å². The molecule has 0 fully saturated rings. The summed E-state index contributed by atoms with van der Waals surface area (Å²) in [6.45, 7) is 11.5. The summed E-state index contributed by atoms with van der Waals surface area (Å²) in [5, 5.41) is 13.5. The number of carboxylic acids is 1. The van der Waals surface area contributed by atoms with Gasteiger partial charge in [0.05, 0.1) is 12.0 Å². The van der Waals surface area contributed by atoms with Gasteiger partial charge >= 0.3 is 0 Å². The second kappa shape index (κ2) is 8.18. The van der Waals surface area contributed by atoms with Gasteiger partial charge in [0.25, 0.3) is 5.91 Å². The molecule has 5 heteroatoms. The average Bonchev–Trinajstić information content (AvgIpc) is 2.48. The van der Waals surface area contributed by atoms with Crippen LogP contribution in [0.4, 0.5) is 0 Å². The third-order valence-electron chi connectivity index (χ3n) is 3.86. The van der Waals surface area contributed by atoms with Crippen LogP contribution in [0.1, 0.15) is 52.7 Å². The van der Waals surface area contributed by atoms with E-state index in [9.17, 15) is 14.7 Å². The Balaban J connectivity index is 2.83. The minimum absolute atomic E-state index is 0.123. The molecule has 0 heterocycles. The maximum atomic E-state index is 12.0. The van der Waals surface area contributed by atoms with E-state index in [0.29, 0.717) is 5.75 Å². The molecule has 0 aliphatic carbocycles. The third-order valence-corrected chi connectivity index (χ3v) is 3.86. The Morgan fingerprint density at radius 3 is 2.33 bits per heavy atom. The van der Waals surface area contributed by atoms with Crippen LogP contribution in [0.15, 0.2) is 18.2 Å². The summed E-state index contributed by atoms with van der Waals surface area (Å²) in [7, 11) is 0. The zero-order valence-corrected chi connectivity index (χ0v) is 15.4. The first-order chi connectivity index (χ1) is 11.1. The van der Waals surface area contributed by atoms with Crippen molar-refractivity contribution < 1.29 is 19.4 Å². The van der Waals surface area contributed by atoms with E-state index < -0.39 is 17.9 Å². The molecule has 1 amide bonds. The molecular formula is C19H28NO4-. The highest BCUT2D eigenvalue weighted by Crippen LogP contribution is 2.32. The number of benzene rings is 1. The minimum atomic E-state index is -1.29. The zero-order chi connectivity index (χ0) is 18.5. The van der Waals surface area contributed by atoms with E-state index in [1.54, 1.807) is 13.8 Å². The van der Waals surface area contributed by atoms with Crippen molar-refractivity contribution in [3.8, 4) is 5.75 Å². The third kappa shape index (κ3) is 5.55. The molecule has 0 aromatic heterocycles. The van der Waals surface area contributed by atoms with Gasteiger partial charge in [0.15, 0.2) is 6.61 Å². The first kappa shape index (κ1) is 20.0. The number of aliphatic carboxylic acids is 1. The number of nitrogens with one attached hydrogen (secondary N) is 1. The van der Waals surface area contributed by atoms with E-state index in [0.717, 1.165) is 12.0 Å². The number of carbonyl (C=O) groups is 2. The quantitative estimate of drug-likeness (QED) is 0.825. The Morgan fingerprint density at radius 2 is 1.88 bits per heavy atom. The summed E-state index contributed by atoms with van der Waals surface area (Å²) in [6, 6.07) is 4.91. The van der Waals surface area contributed by atoms with Crippen LogP contribution in [0.25, 0.3) is 0 Å². The Bertz CT molecular complexity index is 588. The van der Waals surface area contributed by atoms with E-state index in [1.807, 2.05) is 12.1 Å². The molecule has 0 aliphatic rings. The molecule has 0 unspecified atom stereocenters. The lowest BCUT2D eigenvalue weighted by Gasteiger charge is -2.25. The Morgan fingerprint density at radius 1 is 1.25 bits per heavy atom. The summed E-state index contributed by atoms with van der Waals surface area (Å²) in [4.78, 5) is 23.0. The lowest BCUT2D eigenvalue weighted by molar-refractivity contribution is -0.309. The lowest BCUT2D eigenvalue weighted by atomic mass is 9.85. The van der Waals surface area contributed by atoms with Gasteiger partial charge in [0.1, 0.15) is 5.75 Å². The van der Waals surface area contributed by atoms with Crippen LogP contribution in [0.5, 0.6) is 5.75 Å². The molecule has 1 rings (SSSR count). The summed E-state index contributed by atoms with van der Waals surface area (Å²) in [6.07, 6.45) is 0.922. The summed E-state index contributed by atoms with van der Waals surface area (Å²) in [5.41, 5.74) is 2.10. The SMILES string of the molecule is CCc1ccc(OCC(=O)N[C@H](C(=O)[O-])C(C)C)c(C(C)(C)C)c1. The van der Waals surface area contributed by atoms with Gasteiger partial charge in [-0.3, -0.25) is 4.79 Å². The van der Waals surface area contributed by atoms with Crippen LogP contribution in [-0.2, 0) is 21.4 Å². The highest BCUT2D eigenvalue weighted by molar-refractivity contribution is 5.83. The fourth-order valence-electron chi connectivity index (χ4n) is 2.37. The van der Waals surface area contributed by atoms with Crippen LogP contribution in [-0.4, -0.2) is 24.5 Å². The summed E-state index contributed by atoms with van der Waals surface area (Å²) in [5.74, 6) is -1.38. The van der Waals surface area contributed by atoms with Gasteiger partial charge in [-0.1, -0.05) is 53.7 Å². The van der Waals surface area contributed by atoms with E-state index in [-0.39, 0.29) is 17.9 Å². The second-order valence-electron chi connectivity index (χ2n) is 7.33. The number of carboxylic acid groups (broad SMARTS) is 1. The summed E-state index contributed by atoms with van der Waals surface area (Å²) >= 11 is 0. The Hall–Kier alpha value is -2.04. The van der Waals surface area contributed by atoms with E-state index in [4.69, 9.17) is 4.74 Å². The van der Waals surface area contributed by atoms with Crippen LogP contribution in [0.2, 0.25) is 0 Å². The molecule has 134 valence electrons. The van der Waals surface area contributed by atoms with Gasteiger partial charge in [0.2, 0.25) is 0 Å². The van der Waals surface area contributed by atoms with Crippen molar-refractivity contribution in [2.45, 2.75) is 59.4 Å². The molecule has 0 bridgehead atoms. The van der Waals surface area contributed by atoms with Gasteiger partial charge < -0.3 is 20.0 Å². The van der Waals surface area contributed by atoms with Gasteiger partial charge in [-0.2, -0.15) is 0 Å². The number of rotatable bonds is 7. The maximum absolute atomic E-state index is 12.0. The normalized spacial score (nSPS) is 12.8. The number of carbonyl (C=O) groups excluding carboxylic acids is 2. The molecule has 0 saturated carbocycles. The molecule has 0 aliphatic heterocycles. The van der Waals surface area contributed by atoms with Crippen LogP contribution in [0.3, 0.4) is 0 Å². The van der Waals surface area contributed by atoms with Crippen LogP contribution < -0.4 is 15.2 Å². The highest BCUT2D eigenvalue weighted by atomic mass is 16.5. The van der Waals surface area contributed by atoms with Crippen molar-refractivity contribution in [2.75, 3.05) is 6.61 Å². The molecule has 1 atom stereocenters. The van der Waals surface area contributed by atoms with Crippen molar-refractivity contribution in [3.63, 3.8) is 0 Å². The van der Waals surface area contributed by atoms with Gasteiger partial charge in [-0.25, -0.2) is 0 Å². The smallest absolute Gasteiger partial charge is 0.258 e. The van der Waals surface area contributed by atoms with Gasteiger partial charge in [-0.05, 0) is 34.9 Å². The summed E-state index contributed by atoms with van der Waals surface area (Å²) < 4.78 is 5.66. The van der Waals surface area contributed by atoms with Gasteiger partial charge in [-0.15, -0.1) is 0 Å². The monoisotopic (exact) mass is 334 g/mol. The maximum Gasteiger partial charge on any atom is 0.258 e. The molecule has 0 spiro atoms. The predicted octanol–water partition coefficient (Wildman–Crippen LogP) is 1.82. The van der Waals surface area contributed by atoms with E-state index in [2.05, 4.69) is 39.1 Å². The fourth-order valence-corrected chi connectivity index (χ4v) is 2.37. The number of hydrogen-bond acceptors (Lipinski definition) is 4. The van der Waals surface area contributed by atoms with Crippen molar-refractivity contribution in [1.29, 1.82) is 0 Å². The number of amides is 1. The largest absolute Gasteiger partial charge is 0.548 e. The molecule has 1 N–H and O–H groups in total.